The number of nitrogens with one attached hydrogen (secondary N) is 3. The molecule has 0 radical (unpaired) electrons. The van der Waals surface area contributed by atoms with Crippen LogP contribution in [0.1, 0.15) is 44.9 Å². The predicted octanol–water partition coefficient (Wildman–Crippen LogP) is -0.668. The molecule has 1 aliphatic heterocycles. The first-order valence-electron chi connectivity index (χ1n) is 8.42. The molecule has 0 spiro atoms. The Hall–Kier alpha value is -2.14. The minimum Gasteiger partial charge on any atom is -0.380 e. The van der Waals surface area contributed by atoms with Gasteiger partial charge in [-0.2, -0.15) is 5.26 Å². The number of carbonyl (C=O) groups is 3. The first-order valence-corrected chi connectivity index (χ1v) is 8.42. The zero-order valence-electron chi connectivity index (χ0n) is 13.6. The average molecular weight is 336 g/mol. The summed E-state index contributed by atoms with van der Waals surface area (Å²) in [6.45, 7) is 0.351. The van der Waals surface area contributed by atoms with Crippen LogP contribution in [0.4, 0.5) is 0 Å². The molecule has 1 aliphatic carbocycles. The quantitative estimate of drug-likeness (QED) is 0.511. The Bertz CT molecular complexity index is 537. The molecule has 8 heteroatoms. The first-order chi connectivity index (χ1) is 11.4. The predicted molar refractivity (Wildman–Crippen MR) is 84.3 cm³/mol. The van der Waals surface area contributed by atoms with E-state index in [1.54, 1.807) is 0 Å². The van der Waals surface area contributed by atoms with E-state index in [0.29, 0.717) is 25.8 Å². The van der Waals surface area contributed by atoms with E-state index in [1.807, 2.05) is 6.07 Å². The summed E-state index contributed by atoms with van der Waals surface area (Å²) < 4.78 is 0. The number of nitrogens with zero attached hydrogens (tertiary/aromatic N) is 1. The highest BCUT2D eigenvalue weighted by Gasteiger charge is 2.38. The topological polar surface area (TPSA) is 131 Å². The standard InChI is InChI=1S/C16H24N4O4/c17-9-12(8-11-4-3-7-18-14(11)22)20-13(21)10-19-15(23)16(24)5-1-2-6-16/h11-12,24H,1-8,10H2,(H,18,22)(H,19,23)(H,20,21)/t11-,12-/m0/s1. The average Bonchev–Trinajstić information content (AvgIpc) is 3.02. The van der Waals surface area contributed by atoms with E-state index in [4.69, 9.17) is 5.26 Å². The highest BCUT2D eigenvalue weighted by Crippen LogP contribution is 2.29. The fourth-order valence-electron chi connectivity index (χ4n) is 3.25. The molecule has 1 saturated carbocycles. The Morgan fingerprint density at radius 3 is 2.71 bits per heavy atom. The van der Waals surface area contributed by atoms with Gasteiger partial charge in [0.1, 0.15) is 11.6 Å². The maximum absolute atomic E-state index is 11.9. The molecule has 2 aliphatic rings. The summed E-state index contributed by atoms with van der Waals surface area (Å²) in [5.41, 5.74) is -1.38. The summed E-state index contributed by atoms with van der Waals surface area (Å²) in [4.78, 5) is 35.5. The Kier molecular flexibility index (Phi) is 6.15. The van der Waals surface area contributed by atoms with Crippen LogP contribution < -0.4 is 16.0 Å². The third-order valence-corrected chi connectivity index (χ3v) is 4.67. The van der Waals surface area contributed by atoms with E-state index in [-0.39, 0.29) is 24.8 Å². The van der Waals surface area contributed by atoms with Crippen molar-refractivity contribution in [3.63, 3.8) is 0 Å². The van der Waals surface area contributed by atoms with Crippen LogP contribution in [0.25, 0.3) is 0 Å². The van der Waals surface area contributed by atoms with Crippen LogP contribution in [-0.4, -0.2) is 47.6 Å². The largest absolute Gasteiger partial charge is 0.380 e. The molecule has 8 nitrogen and oxygen atoms in total. The van der Waals surface area contributed by atoms with Gasteiger partial charge in [-0.25, -0.2) is 0 Å². The summed E-state index contributed by atoms with van der Waals surface area (Å²) in [5, 5.41) is 26.9. The lowest BCUT2D eigenvalue weighted by atomic mass is 9.92. The van der Waals surface area contributed by atoms with E-state index < -0.39 is 23.5 Å². The van der Waals surface area contributed by atoms with Gasteiger partial charge in [0.15, 0.2) is 0 Å². The van der Waals surface area contributed by atoms with E-state index in [9.17, 15) is 19.5 Å². The van der Waals surface area contributed by atoms with E-state index in [1.165, 1.54) is 0 Å². The van der Waals surface area contributed by atoms with Crippen LogP contribution in [0.15, 0.2) is 0 Å². The molecule has 0 unspecified atom stereocenters. The van der Waals surface area contributed by atoms with Gasteiger partial charge in [-0.3, -0.25) is 14.4 Å². The van der Waals surface area contributed by atoms with Crippen molar-refractivity contribution in [2.45, 2.75) is 56.6 Å². The second kappa shape index (κ2) is 8.11. The number of hydrogen-bond donors (Lipinski definition) is 4. The second-order valence-electron chi connectivity index (χ2n) is 6.54. The van der Waals surface area contributed by atoms with Gasteiger partial charge in [0.05, 0.1) is 12.6 Å². The fraction of sp³-hybridized carbons (Fsp3) is 0.750. The summed E-state index contributed by atoms with van der Waals surface area (Å²) >= 11 is 0. The molecule has 2 rings (SSSR count). The molecule has 1 heterocycles. The van der Waals surface area contributed by atoms with Crippen LogP contribution >= 0.6 is 0 Å². The van der Waals surface area contributed by atoms with Crippen LogP contribution in [0.2, 0.25) is 0 Å². The Morgan fingerprint density at radius 1 is 1.38 bits per heavy atom. The van der Waals surface area contributed by atoms with Gasteiger partial charge in [0.25, 0.3) is 5.91 Å². The lowest BCUT2D eigenvalue weighted by molar-refractivity contribution is -0.140. The van der Waals surface area contributed by atoms with Gasteiger partial charge >= 0.3 is 0 Å². The van der Waals surface area contributed by atoms with Crippen molar-refractivity contribution >= 4 is 17.7 Å². The molecule has 4 N–H and O–H groups in total. The van der Waals surface area contributed by atoms with Gasteiger partial charge in [0.2, 0.25) is 11.8 Å². The van der Waals surface area contributed by atoms with E-state index >= 15 is 0 Å². The first kappa shape index (κ1) is 18.2. The normalized spacial score (nSPS) is 23.7. The van der Waals surface area contributed by atoms with Gasteiger partial charge in [0, 0.05) is 12.5 Å². The number of hydrogen-bond acceptors (Lipinski definition) is 5. The van der Waals surface area contributed by atoms with Crippen molar-refractivity contribution in [3.05, 3.63) is 0 Å². The van der Waals surface area contributed by atoms with Crippen LogP contribution in [0.5, 0.6) is 0 Å². The molecule has 24 heavy (non-hydrogen) atoms. The molecule has 3 amide bonds. The monoisotopic (exact) mass is 336 g/mol. The van der Waals surface area contributed by atoms with Crippen molar-refractivity contribution in [1.82, 2.24) is 16.0 Å². The highest BCUT2D eigenvalue weighted by atomic mass is 16.3. The number of aliphatic hydroxyl groups is 1. The van der Waals surface area contributed by atoms with Crippen LogP contribution in [0.3, 0.4) is 0 Å². The number of nitriles is 1. The lowest BCUT2D eigenvalue weighted by Crippen LogP contribution is -2.49. The molecule has 2 atom stereocenters. The van der Waals surface area contributed by atoms with E-state index in [0.717, 1.165) is 19.3 Å². The van der Waals surface area contributed by atoms with Gasteiger partial charge in [-0.15, -0.1) is 0 Å². The van der Waals surface area contributed by atoms with E-state index in [2.05, 4.69) is 16.0 Å². The molecule has 1 saturated heterocycles. The number of rotatable bonds is 6. The van der Waals surface area contributed by atoms with Crippen molar-refractivity contribution in [2.24, 2.45) is 5.92 Å². The number of carbonyl (C=O) groups excluding carboxylic acids is 3. The smallest absolute Gasteiger partial charge is 0.252 e. The summed E-state index contributed by atoms with van der Waals surface area (Å²) in [6.07, 6.45) is 4.19. The SMILES string of the molecule is N#C[C@H](C[C@@H]1CCCNC1=O)NC(=O)CNC(=O)C1(O)CCCC1. The zero-order valence-corrected chi connectivity index (χ0v) is 13.6. The molecule has 0 aromatic heterocycles. The maximum atomic E-state index is 11.9. The Morgan fingerprint density at radius 2 is 2.08 bits per heavy atom. The Balaban J connectivity index is 1.76. The molecule has 0 aromatic carbocycles. The maximum Gasteiger partial charge on any atom is 0.252 e. The van der Waals surface area contributed by atoms with Crippen LogP contribution in [-0.2, 0) is 14.4 Å². The van der Waals surface area contributed by atoms with Crippen molar-refractivity contribution in [2.75, 3.05) is 13.1 Å². The fourth-order valence-corrected chi connectivity index (χ4v) is 3.25. The molecule has 132 valence electrons. The van der Waals surface area contributed by atoms with Crippen LogP contribution in [0, 0.1) is 17.2 Å². The molecule has 0 aromatic rings. The molecule has 2 fully saturated rings. The summed E-state index contributed by atoms with van der Waals surface area (Å²) in [6, 6.07) is 1.20. The highest BCUT2D eigenvalue weighted by molar-refractivity contribution is 5.89. The molecular weight excluding hydrogens is 312 g/mol. The third-order valence-electron chi connectivity index (χ3n) is 4.67. The van der Waals surface area contributed by atoms with Gasteiger partial charge in [-0.05, 0) is 44.9 Å². The Labute approximate surface area is 141 Å². The van der Waals surface area contributed by atoms with Crippen molar-refractivity contribution in [3.8, 4) is 6.07 Å². The number of amides is 3. The minimum absolute atomic E-state index is 0.0903. The summed E-state index contributed by atoms with van der Waals surface area (Å²) in [7, 11) is 0. The zero-order chi connectivity index (χ0) is 17.6. The molecule has 0 bridgehead atoms. The lowest BCUT2D eigenvalue weighted by Gasteiger charge is -2.24. The number of piperidine rings is 1. The van der Waals surface area contributed by atoms with Gasteiger partial charge < -0.3 is 21.1 Å². The minimum atomic E-state index is -1.38. The van der Waals surface area contributed by atoms with Crippen molar-refractivity contribution in [1.29, 1.82) is 5.26 Å². The third kappa shape index (κ3) is 4.68. The molecular formula is C16H24N4O4. The second-order valence-corrected chi connectivity index (χ2v) is 6.54. The summed E-state index contributed by atoms with van der Waals surface area (Å²) in [5.74, 6) is -1.42. The van der Waals surface area contributed by atoms with Crippen molar-refractivity contribution < 1.29 is 19.5 Å². The van der Waals surface area contributed by atoms with Gasteiger partial charge in [-0.1, -0.05) is 0 Å².